The van der Waals surface area contributed by atoms with E-state index in [4.69, 9.17) is 0 Å². The van der Waals surface area contributed by atoms with Crippen molar-refractivity contribution in [2.45, 2.75) is 58.2 Å². The van der Waals surface area contributed by atoms with Gasteiger partial charge >= 0.3 is 0 Å². The van der Waals surface area contributed by atoms with Gasteiger partial charge in [0.05, 0.1) is 0 Å². The molecule has 0 aliphatic carbocycles. The van der Waals surface area contributed by atoms with Crippen LogP contribution in [0.25, 0.3) is 0 Å². The lowest BCUT2D eigenvalue weighted by Gasteiger charge is -2.26. The zero-order chi connectivity index (χ0) is 10.3. The lowest BCUT2D eigenvalue weighted by atomic mass is 9.98. The zero-order valence-corrected chi connectivity index (χ0v) is 11.0. The van der Waals surface area contributed by atoms with E-state index in [2.05, 4.69) is 39.6 Å². The second-order valence-corrected chi connectivity index (χ2v) is 7.88. The summed E-state index contributed by atoms with van der Waals surface area (Å²) in [6.07, 6.45) is 7.40. The highest BCUT2D eigenvalue weighted by atomic mass is 28.3. The van der Waals surface area contributed by atoms with Crippen molar-refractivity contribution in [1.82, 2.24) is 0 Å². The Kier molecular flexibility index (Phi) is 7.34. The molecule has 0 fully saturated rings. The van der Waals surface area contributed by atoms with Gasteiger partial charge < -0.3 is 0 Å². The van der Waals surface area contributed by atoms with Gasteiger partial charge in [-0.15, -0.1) is 6.58 Å². The molecule has 0 rings (SSSR count). The largest absolute Gasteiger partial charge is 0.103 e. The standard InChI is InChI=1S/C12H26Si/c1-6-8-10-11(3)12(9-7-2)13(4)5/h6,11-13H,1,7-10H2,2-5H3. The molecule has 0 aliphatic rings. The minimum atomic E-state index is -0.438. The maximum Gasteiger partial charge on any atom is 0.0340 e. The predicted molar refractivity (Wildman–Crippen MR) is 66.1 cm³/mol. The average molecular weight is 198 g/mol. The summed E-state index contributed by atoms with van der Waals surface area (Å²) < 4.78 is 0. The molecule has 0 aromatic heterocycles. The average Bonchev–Trinajstić information content (AvgIpc) is 2.09. The van der Waals surface area contributed by atoms with E-state index in [9.17, 15) is 0 Å². The fourth-order valence-corrected chi connectivity index (χ4v) is 4.71. The van der Waals surface area contributed by atoms with Crippen LogP contribution < -0.4 is 0 Å². The molecule has 0 aromatic rings. The van der Waals surface area contributed by atoms with E-state index in [1.807, 2.05) is 0 Å². The minimum Gasteiger partial charge on any atom is -0.103 e. The number of hydrogen-bond donors (Lipinski definition) is 0. The molecule has 13 heavy (non-hydrogen) atoms. The molecule has 0 spiro atoms. The summed E-state index contributed by atoms with van der Waals surface area (Å²) in [5.74, 6) is 0.921. The lowest BCUT2D eigenvalue weighted by Crippen LogP contribution is -2.19. The molecule has 0 heterocycles. The summed E-state index contributed by atoms with van der Waals surface area (Å²) in [6.45, 7) is 13.5. The molecular weight excluding hydrogens is 172 g/mol. The predicted octanol–water partition coefficient (Wildman–Crippen LogP) is 4.25. The fraction of sp³-hybridized carbons (Fsp3) is 0.833. The summed E-state index contributed by atoms with van der Waals surface area (Å²) in [7, 11) is -0.438. The molecule has 1 heteroatoms. The third kappa shape index (κ3) is 5.30. The highest BCUT2D eigenvalue weighted by Gasteiger charge is 2.19. The summed E-state index contributed by atoms with van der Waals surface area (Å²) >= 11 is 0. The highest BCUT2D eigenvalue weighted by molar-refractivity contribution is 6.57. The topological polar surface area (TPSA) is 0 Å². The Hall–Kier alpha value is -0.0431. The summed E-state index contributed by atoms with van der Waals surface area (Å²) in [4.78, 5) is 0. The molecular formula is C12H26Si. The molecule has 78 valence electrons. The number of rotatable bonds is 7. The molecule has 0 radical (unpaired) electrons. The molecule has 0 N–H and O–H groups in total. The molecule has 0 amide bonds. The first kappa shape index (κ1) is 13.0. The van der Waals surface area contributed by atoms with Crippen LogP contribution in [0, 0.1) is 5.92 Å². The molecule has 2 atom stereocenters. The Labute approximate surface area is 86.0 Å². The smallest absolute Gasteiger partial charge is 0.0340 e. The summed E-state index contributed by atoms with van der Waals surface area (Å²) in [5.41, 5.74) is 1.05. The SMILES string of the molecule is C=CCCC(C)C(CCC)[SiH](C)C. The molecule has 0 bridgehead atoms. The highest BCUT2D eigenvalue weighted by Crippen LogP contribution is 2.30. The fourth-order valence-electron chi connectivity index (χ4n) is 2.20. The van der Waals surface area contributed by atoms with Gasteiger partial charge in [0.2, 0.25) is 0 Å². The van der Waals surface area contributed by atoms with Gasteiger partial charge in [-0.3, -0.25) is 0 Å². The second kappa shape index (κ2) is 7.37. The zero-order valence-electron chi connectivity index (χ0n) is 9.84. The van der Waals surface area contributed by atoms with Crippen LogP contribution in [0.3, 0.4) is 0 Å². The van der Waals surface area contributed by atoms with Gasteiger partial charge in [-0.1, -0.05) is 45.9 Å². The number of allylic oxidation sites excluding steroid dienone is 1. The van der Waals surface area contributed by atoms with Crippen LogP contribution in [-0.2, 0) is 0 Å². The van der Waals surface area contributed by atoms with Crippen LogP contribution in [0.2, 0.25) is 18.6 Å². The Morgan fingerprint density at radius 1 is 1.31 bits per heavy atom. The molecule has 0 aromatic carbocycles. The van der Waals surface area contributed by atoms with Crippen molar-refractivity contribution in [2.75, 3.05) is 0 Å². The van der Waals surface area contributed by atoms with E-state index in [0.29, 0.717) is 0 Å². The first-order chi connectivity index (χ1) is 6.13. The van der Waals surface area contributed by atoms with Crippen molar-refractivity contribution in [3.05, 3.63) is 12.7 Å². The van der Waals surface area contributed by atoms with Crippen molar-refractivity contribution >= 4 is 8.80 Å². The normalized spacial score (nSPS) is 15.8. The monoisotopic (exact) mass is 198 g/mol. The number of hydrogen-bond acceptors (Lipinski definition) is 0. The first-order valence-electron chi connectivity index (χ1n) is 5.74. The van der Waals surface area contributed by atoms with E-state index >= 15 is 0 Å². The van der Waals surface area contributed by atoms with Crippen molar-refractivity contribution in [3.63, 3.8) is 0 Å². The van der Waals surface area contributed by atoms with Crippen LogP contribution >= 0.6 is 0 Å². The van der Waals surface area contributed by atoms with Gasteiger partial charge in [0.1, 0.15) is 0 Å². The Morgan fingerprint density at radius 2 is 1.92 bits per heavy atom. The van der Waals surface area contributed by atoms with Crippen LogP contribution in [-0.4, -0.2) is 8.80 Å². The third-order valence-corrected chi connectivity index (χ3v) is 5.74. The maximum atomic E-state index is 3.79. The molecule has 2 unspecified atom stereocenters. The van der Waals surface area contributed by atoms with Crippen LogP contribution in [0.1, 0.15) is 39.5 Å². The molecule has 0 nitrogen and oxygen atoms in total. The first-order valence-corrected chi connectivity index (χ1v) is 8.71. The van der Waals surface area contributed by atoms with Crippen LogP contribution in [0.15, 0.2) is 12.7 Å². The summed E-state index contributed by atoms with van der Waals surface area (Å²) in [5, 5.41) is 0. The van der Waals surface area contributed by atoms with Gasteiger partial charge in [-0.05, 0) is 24.3 Å². The molecule has 0 saturated carbocycles. The van der Waals surface area contributed by atoms with Crippen molar-refractivity contribution in [1.29, 1.82) is 0 Å². The Morgan fingerprint density at radius 3 is 2.31 bits per heavy atom. The molecule has 0 aliphatic heterocycles. The van der Waals surface area contributed by atoms with E-state index in [0.717, 1.165) is 11.5 Å². The second-order valence-electron chi connectivity index (χ2n) is 4.54. The van der Waals surface area contributed by atoms with E-state index in [1.165, 1.54) is 25.7 Å². The minimum absolute atomic E-state index is 0.438. The van der Waals surface area contributed by atoms with Crippen molar-refractivity contribution < 1.29 is 0 Å². The third-order valence-electron chi connectivity index (χ3n) is 3.04. The Bertz CT molecular complexity index is 129. The van der Waals surface area contributed by atoms with E-state index in [-0.39, 0.29) is 0 Å². The van der Waals surface area contributed by atoms with Crippen molar-refractivity contribution in [3.8, 4) is 0 Å². The quantitative estimate of drug-likeness (QED) is 0.424. The van der Waals surface area contributed by atoms with Gasteiger partial charge in [0, 0.05) is 8.80 Å². The van der Waals surface area contributed by atoms with Crippen LogP contribution in [0.4, 0.5) is 0 Å². The molecule has 0 saturated heterocycles. The Balaban J connectivity index is 3.94. The van der Waals surface area contributed by atoms with Crippen LogP contribution in [0.5, 0.6) is 0 Å². The lowest BCUT2D eigenvalue weighted by molar-refractivity contribution is 0.468. The summed E-state index contributed by atoms with van der Waals surface area (Å²) in [6, 6.07) is 0. The van der Waals surface area contributed by atoms with E-state index in [1.54, 1.807) is 0 Å². The maximum absolute atomic E-state index is 3.79. The van der Waals surface area contributed by atoms with E-state index < -0.39 is 8.80 Å². The van der Waals surface area contributed by atoms with Gasteiger partial charge in [-0.25, -0.2) is 0 Å². The van der Waals surface area contributed by atoms with Gasteiger partial charge in [-0.2, -0.15) is 0 Å². The van der Waals surface area contributed by atoms with Crippen molar-refractivity contribution in [2.24, 2.45) is 5.92 Å². The van der Waals surface area contributed by atoms with Gasteiger partial charge in [0.25, 0.3) is 0 Å². The van der Waals surface area contributed by atoms with Gasteiger partial charge in [0.15, 0.2) is 0 Å².